The third-order valence-corrected chi connectivity index (χ3v) is 4.26. The van der Waals surface area contributed by atoms with Gasteiger partial charge in [-0.25, -0.2) is 4.79 Å². The maximum Gasteiger partial charge on any atom is 0.331 e. The van der Waals surface area contributed by atoms with Gasteiger partial charge < -0.3 is 0 Å². The molecule has 1 aromatic rings. The van der Waals surface area contributed by atoms with Crippen LogP contribution in [0.3, 0.4) is 0 Å². The summed E-state index contributed by atoms with van der Waals surface area (Å²) in [5, 5.41) is 1.37. The summed E-state index contributed by atoms with van der Waals surface area (Å²) in [6.45, 7) is 8.00. The summed E-state index contributed by atoms with van der Waals surface area (Å²) >= 11 is 7.78. The van der Waals surface area contributed by atoms with E-state index in [1.165, 1.54) is 0 Å². The first-order valence-corrected chi connectivity index (χ1v) is 8.34. The van der Waals surface area contributed by atoms with E-state index in [9.17, 15) is 4.79 Å². The monoisotopic (exact) mass is 325 g/mol. The number of nitrogens with zero attached hydrogens (tertiary/aromatic N) is 3. The Hall–Kier alpha value is -1.20. The van der Waals surface area contributed by atoms with Gasteiger partial charge in [0, 0.05) is 12.1 Å². The van der Waals surface area contributed by atoms with Gasteiger partial charge in [-0.3, -0.25) is 14.8 Å². The first kappa shape index (κ1) is 16.2. The predicted molar refractivity (Wildman–Crippen MR) is 91.3 cm³/mol. The molecule has 1 heterocycles. The molecule has 114 valence electrons. The highest BCUT2D eigenvalue weighted by molar-refractivity contribution is 8.14. The lowest BCUT2D eigenvalue weighted by Crippen LogP contribution is -2.53. The molecule has 6 heteroatoms. The van der Waals surface area contributed by atoms with E-state index >= 15 is 0 Å². The van der Waals surface area contributed by atoms with Gasteiger partial charge in [-0.15, -0.1) is 0 Å². The molecule has 0 radical (unpaired) electrons. The van der Waals surface area contributed by atoms with Crippen molar-refractivity contribution in [1.29, 1.82) is 0 Å². The van der Waals surface area contributed by atoms with Gasteiger partial charge in [0.25, 0.3) is 0 Å². The quantitative estimate of drug-likeness (QED) is 0.823. The fourth-order valence-electron chi connectivity index (χ4n) is 2.06. The topological polar surface area (TPSA) is 35.9 Å². The Kier molecular flexibility index (Phi) is 5.17. The molecule has 0 bridgehead atoms. The maximum absolute atomic E-state index is 12.8. The van der Waals surface area contributed by atoms with Crippen molar-refractivity contribution in [1.82, 2.24) is 4.90 Å². The lowest BCUT2D eigenvalue weighted by molar-refractivity contribution is 0.220. The fraction of sp³-hybridized carbons (Fsp3) is 0.467. The number of amides is 2. The van der Waals surface area contributed by atoms with Crippen molar-refractivity contribution in [2.75, 3.05) is 10.8 Å². The number of rotatable bonds is 3. The third kappa shape index (κ3) is 3.52. The van der Waals surface area contributed by atoms with Gasteiger partial charge in [-0.05, 0) is 39.8 Å². The number of aliphatic imine (C=N–C) groups is 1. The summed E-state index contributed by atoms with van der Waals surface area (Å²) in [7, 11) is 0. The molecule has 0 aliphatic carbocycles. The first-order valence-electron chi connectivity index (χ1n) is 6.97. The van der Waals surface area contributed by atoms with Crippen LogP contribution in [0.25, 0.3) is 0 Å². The van der Waals surface area contributed by atoms with E-state index in [4.69, 9.17) is 11.6 Å². The molecule has 0 aromatic heterocycles. The summed E-state index contributed by atoms with van der Waals surface area (Å²) in [4.78, 5) is 20.8. The standard InChI is InChI=1S/C15H20ClN3OS/c1-10(2)17-14-19(11(3)4)15(20)18(9-21-14)13-8-6-5-7-12(13)16/h5-8,10-11H,9H2,1-4H3/b17-14-. The van der Waals surface area contributed by atoms with Crippen LogP contribution in [0.2, 0.25) is 5.02 Å². The van der Waals surface area contributed by atoms with Gasteiger partial charge in [0.05, 0.1) is 16.6 Å². The number of carbonyl (C=O) groups excluding carboxylic acids is 1. The SMILES string of the molecule is CC(C)/N=C1\SCN(c2ccccc2Cl)C(=O)N1C(C)C. The van der Waals surface area contributed by atoms with Crippen LogP contribution in [-0.4, -0.2) is 34.1 Å². The molecule has 1 saturated heterocycles. The Morgan fingerprint density at radius 2 is 1.90 bits per heavy atom. The Morgan fingerprint density at radius 1 is 1.24 bits per heavy atom. The number of benzene rings is 1. The number of urea groups is 1. The molecule has 1 fully saturated rings. The molecule has 0 unspecified atom stereocenters. The van der Waals surface area contributed by atoms with E-state index < -0.39 is 0 Å². The number of para-hydroxylation sites is 1. The lowest BCUT2D eigenvalue weighted by atomic mass is 10.3. The maximum atomic E-state index is 12.8. The second kappa shape index (κ2) is 6.71. The van der Waals surface area contributed by atoms with E-state index in [2.05, 4.69) is 4.99 Å². The van der Waals surface area contributed by atoms with Crippen LogP contribution < -0.4 is 4.90 Å². The van der Waals surface area contributed by atoms with Crippen molar-refractivity contribution in [3.05, 3.63) is 29.3 Å². The minimum Gasteiger partial charge on any atom is -0.282 e. The van der Waals surface area contributed by atoms with Gasteiger partial charge in [-0.1, -0.05) is 35.5 Å². The van der Waals surface area contributed by atoms with Crippen molar-refractivity contribution in [3.8, 4) is 0 Å². The van der Waals surface area contributed by atoms with Crippen LogP contribution in [0, 0.1) is 0 Å². The van der Waals surface area contributed by atoms with E-state index in [0.717, 1.165) is 10.9 Å². The van der Waals surface area contributed by atoms with Crippen LogP contribution in [0.4, 0.5) is 10.5 Å². The van der Waals surface area contributed by atoms with Gasteiger partial charge in [0.2, 0.25) is 0 Å². The van der Waals surface area contributed by atoms with E-state index in [0.29, 0.717) is 10.9 Å². The number of hydrogen-bond acceptors (Lipinski definition) is 3. The first-order chi connectivity index (χ1) is 9.91. The number of halogens is 1. The summed E-state index contributed by atoms with van der Waals surface area (Å²) in [6.07, 6.45) is 0. The smallest absolute Gasteiger partial charge is 0.282 e. The largest absolute Gasteiger partial charge is 0.331 e. The summed E-state index contributed by atoms with van der Waals surface area (Å²) in [6, 6.07) is 7.55. The zero-order valence-electron chi connectivity index (χ0n) is 12.7. The molecule has 0 N–H and O–H groups in total. The second-order valence-electron chi connectivity index (χ2n) is 5.40. The Bertz CT molecular complexity index is 560. The van der Waals surface area contributed by atoms with Crippen LogP contribution >= 0.6 is 23.4 Å². The van der Waals surface area contributed by atoms with Crippen molar-refractivity contribution >= 4 is 40.2 Å². The highest BCUT2D eigenvalue weighted by atomic mass is 35.5. The zero-order valence-corrected chi connectivity index (χ0v) is 14.3. The molecule has 0 atom stereocenters. The number of carbonyl (C=O) groups is 1. The average molecular weight is 326 g/mol. The van der Waals surface area contributed by atoms with Gasteiger partial charge in [0.15, 0.2) is 5.17 Å². The minimum atomic E-state index is -0.0729. The van der Waals surface area contributed by atoms with Crippen LogP contribution in [-0.2, 0) is 0 Å². The third-order valence-electron chi connectivity index (χ3n) is 2.99. The normalized spacial score (nSPS) is 18.2. The molecule has 4 nitrogen and oxygen atoms in total. The Balaban J connectivity index is 2.35. The highest BCUT2D eigenvalue weighted by Crippen LogP contribution is 2.32. The molecule has 1 aliphatic rings. The molecule has 1 aliphatic heterocycles. The van der Waals surface area contributed by atoms with Crippen molar-refractivity contribution in [2.24, 2.45) is 4.99 Å². The Labute approximate surface area is 135 Å². The van der Waals surface area contributed by atoms with Crippen molar-refractivity contribution < 1.29 is 4.79 Å². The fourth-order valence-corrected chi connectivity index (χ4v) is 3.51. The van der Waals surface area contributed by atoms with Crippen molar-refractivity contribution in [3.63, 3.8) is 0 Å². The molecule has 1 aromatic carbocycles. The predicted octanol–water partition coefficient (Wildman–Crippen LogP) is 4.45. The molecular weight excluding hydrogens is 306 g/mol. The van der Waals surface area contributed by atoms with Crippen LogP contribution in [0.5, 0.6) is 0 Å². The number of thioether (sulfide) groups is 1. The van der Waals surface area contributed by atoms with E-state index in [1.54, 1.807) is 27.6 Å². The second-order valence-corrected chi connectivity index (χ2v) is 6.72. The molecule has 21 heavy (non-hydrogen) atoms. The number of amidine groups is 1. The van der Waals surface area contributed by atoms with Crippen molar-refractivity contribution in [2.45, 2.75) is 39.8 Å². The summed E-state index contributed by atoms with van der Waals surface area (Å²) < 4.78 is 0. The van der Waals surface area contributed by atoms with E-state index in [-0.39, 0.29) is 18.1 Å². The number of hydrogen-bond donors (Lipinski definition) is 0. The van der Waals surface area contributed by atoms with Gasteiger partial charge in [-0.2, -0.15) is 0 Å². The minimum absolute atomic E-state index is 0.0489. The van der Waals surface area contributed by atoms with E-state index in [1.807, 2.05) is 45.9 Å². The summed E-state index contributed by atoms with van der Waals surface area (Å²) in [5.41, 5.74) is 0.742. The molecule has 0 spiro atoms. The van der Waals surface area contributed by atoms with Gasteiger partial charge >= 0.3 is 6.03 Å². The molecular formula is C15H20ClN3OS. The Morgan fingerprint density at radius 3 is 2.48 bits per heavy atom. The lowest BCUT2D eigenvalue weighted by Gasteiger charge is -2.38. The summed E-state index contributed by atoms with van der Waals surface area (Å²) in [5.74, 6) is 0.525. The number of anilines is 1. The van der Waals surface area contributed by atoms with Crippen LogP contribution in [0.1, 0.15) is 27.7 Å². The molecule has 2 amide bonds. The van der Waals surface area contributed by atoms with Gasteiger partial charge in [0.1, 0.15) is 0 Å². The average Bonchev–Trinajstić information content (AvgIpc) is 2.39. The molecule has 2 rings (SSSR count). The van der Waals surface area contributed by atoms with Crippen LogP contribution in [0.15, 0.2) is 29.3 Å². The zero-order chi connectivity index (χ0) is 15.6. The highest BCUT2D eigenvalue weighted by Gasteiger charge is 2.34. The molecule has 0 saturated carbocycles.